The van der Waals surface area contributed by atoms with Crippen molar-refractivity contribution in [2.75, 3.05) is 11.9 Å². The quantitative estimate of drug-likeness (QED) is 0.247. The van der Waals surface area contributed by atoms with Crippen LogP contribution in [0.3, 0.4) is 0 Å². The summed E-state index contributed by atoms with van der Waals surface area (Å²) in [5.41, 5.74) is 2.07. The van der Waals surface area contributed by atoms with Gasteiger partial charge in [0.2, 0.25) is 0 Å². The van der Waals surface area contributed by atoms with Gasteiger partial charge in [0.25, 0.3) is 5.91 Å². The Morgan fingerprint density at radius 2 is 1.93 bits per heavy atom. The van der Waals surface area contributed by atoms with Gasteiger partial charge in [-0.2, -0.15) is 0 Å². The zero-order valence-corrected chi connectivity index (χ0v) is 18.5. The largest absolute Gasteiger partial charge is 0.451 e. The van der Waals surface area contributed by atoms with Gasteiger partial charge in [0.05, 0.1) is 10.7 Å². The fourth-order valence-electron chi connectivity index (χ4n) is 2.93. The average molecular weight is 489 g/mol. The lowest BCUT2D eigenvalue weighted by molar-refractivity contribution is 0.0967. The predicted octanol–water partition coefficient (Wildman–Crippen LogP) is 6.21. The zero-order valence-electron chi connectivity index (χ0n) is 15.3. The number of rotatable bonds is 5. The van der Waals surface area contributed by atoms with Crippen molar-refractivity contribution in [2.45, 2.75) is 10.9 Å². The van der Waals surface area contributed by atoms with Crippen molar-refractivity contribution in [3.63, 3.8) is 0 Å². The molecular weight excluding hydrogens is 474 g/mol. The van der Waals surface area contributed by atoms with E-state index in [2.05, 4.69) is 25.9 Å². The number of carbonyl (C=O) groups excluding carboxylic acids is 1. The molecule has 2 aromatic carbocycles. The summed E-state index contributed by atoms with van der Waals surface area (Å²) in [6.45, 7) is 0. The van der Waals surface area contributed by atoms with Gasteiger partial charge in [0.15, 0.2) is 10.9 Å². The third kappa shape index (κ3) is 4.17. The minimum Gasteiger partial charge on any atom is -0.451 e. The number of para-hydroxylation sites is 1. The number of amides is 1. The third-order valence-electron chi connectivity index (χ3n) is 4.36. The molecule has 0 spiro atoms. The molecule has 1 amide bonds. The highest BCUT2D eigenvalue weighted by molar-refractivity contribution is 9.10. The van der Waals surface area contributed by atoms with E-state index in [9.17, 15) is 4.79 Å². The molecule has 0 saturated carbocycles. The molecule has 0 atom stereocenters. The number of aromatic nitrogens is 2. The molecule has 2 heterocycles. The normalized spacial score (nSPS) is 11.0. The Morgan fingerprint density at radius 1 is 1.17 bits per heavy atom. The molecule has 0 N–H and O–H groups in total. The maximum atomic E-state index is 13.3. The van der Waals surface area contributed by atoms with E-state index < -0.39 is 0 Å². The molecule has 8 heteroatoms. The van der Waals surface area contributed by atoms with Gasteiger partial charge in [-0.15, -0.1) is 0 Å². The summed E-state index contributed by atoms with van der Waals surface area (Å²) in [5.74, 6) is 0.524. The van der Waals surface area contributed by atoms with Gasteiger partial charge in [-0.05, 0) is 30.3 Å². The first-order chi connectivity index (χ1) is 14.0. The van der Waals surface area contributed by atoms with E-state index in [1.165, 1.54) is 16.7 Å². The second-order valence-corrected chi connectivity index (χ2v) is 8.45. The van der Waals surface area contributed by atoms with E-state index in [-0.39, 0.29) is 11.7 Å². The molecule has 4 rings (SSSR count). The van der Waals surface area contributed by atoms with Crippen molar-refractivity contribution < 1.29 is 9.21 Å². The van der Waals surface area contributed by atoms with E-state index in [1.807, 2.05) is 30.3 Å². The summed E-state index contributed by atoms with van der Waals surface area (Å²) in [6, 6.07) is 14.8. The number of halogens is 2. The molecular formula is C21H15BrClN3O2S. The Labute approximate surface area is 185 Å². The second-order valence-electron chi connectivity index (χ2n) is 6.19. The number of carbonyl (C=O) groups is 1. The Bertz CT molecular complexity index is 1180. The first-order valence-corrected chi connectivity index (χ1v) is 10.8. The summed E-state index contributed by atoms with van der Waals surface area (Å²) >= 11 is 11.2. The van der Waals surface area contributed by atoms with Crippen LogP contribution in [0.2, 0.25) is 5.02 Å². The van der Waals surface area contributed by atoms with E-state index in [4.69, 9.17) is 16.0 Å². The highest BCUT2D eigenvalue weighted by Gasteiger charge is 2.25. The van der Waals surface area contributed by atoms with Gasteiger partial charge in [-0.1, -0.05) is 57.5 Å². The summed E-state index contributed by atoms with van der Waals surface area (Å²) in [5, 5.41) is 2.01. The molecule has 0 radical (unpaired) electrons. The molecule has 0 saturated heterocycles. The maximum Gasteiger partial charge on any atom is 0.294 e. The topological polar surface area (TPSA) is 59.2 Å². The lowest BCUT2D eigenvalue weighted by Crippen LogP contribution is -2.27. The minimum absolute atomic E-state index is 0.269. The molecule has 146 valence electrons. The summed E-state index contributed by atoms with van der Waals surface area (Å²) < 4.78 is 6.80. The van der Waals surface area contributed by atoms with E-state index in [0.717, 1.165) is 15.4 Å². The Balaban J connectivity index is 1.71. The van der Waals surface area contributed by atoms with Crippen LogP contribution in [-0.4, -0.2) is 22.9 Å². The fourth-order valence-corrected chi connectivity index (χ4v) is 4.56. The van der Waals surface area contributed by atoms with Gasteiger partial charge >= 0.3 is 0 Å². The maximum absolute atomic E-state index is 13.3. The van der Waals surface area contributed by atoms with E-state index >= 15 is 0 Å². The van der Waals surface area contributed by atoms with E-state index in [0.29, 0.717) is 27.2 Å². The number of thioether (sulfide) groups is 1. The summed E-state index contributed by atoms with van der Waals surface area (Å²) in [4.78, 5) is 23.3. The minimum atomic E-state index is -0.269. The van der Waals surface area contributed by atoms with Crippen molar-refractivity contribution in [2.24, 2.45) is 0 Å². The van der Waals surface area contributed by atoms with Crippen LogP contribution in [0.15, 0.2) is 75.0 Å². The van der Waals surface area contributed by atoms with Crippen LogP contribution < -0.4 is 4.90 Å². The smallest absolute Gasteiger partial charge is 0.294 e. The number of benzene rings is 2. The van der Waals surface area contributed by atoms with Gasteiger partial charge in [-0.3, -0.25) is 4.79 Å². The van der Waals surface area contributed by atoms with Crippen molar-refractivity contribution in [3.05, 3.63) is 81.7 Å². The van der Waals surface area contributed by atoms with Gasteiger partial charge in [0.1, 0.15) is 5.58 Å². The standard InChI is InChI=1S/C21H15BrClN3O2S/c1-26(17-8-7-13(22)11-16(17)23)20(27)19-15(12-29-21-24-9-4-10-25-21)14-5-2-3-6-18(14)28-19/h2-11H,12H2,1H3. The second kappa shape index (κ2) is 8.57. The predicted molar refractivity (Wildman–Crippen MR) is 120 cm³/mol. The first-order valence-electron chi connectivity index (χ1n) is 8.68. The zero-order chi connectivity index (χ0) is 20.4. The van der Waals surface area contributed by atoms with Crippen LogP contribution in [-0.2, 0) is 5.75 Å². The molecule has 0 fully saturated rings. The Hall–Kier alpha value is -2.35. The molecule has 29 heavy (non-hydrogen) atoms. The first kappa shape index (κ1) is 19.9. The number of anilines is 1. The molecule has 2 aromatic heterocycles. The molecule has 0 unspecified atom stereocenters. The number of nitrogens with zero attached hydrogens (tertiary/aromatic N) is 3. The number of hydrogen-bond donors (Lipinski definition) is 0. The van der Waals surface area contributed by atoms with Crippen molar-refractivity contribution in [1.82, 2.24) is 9.97 Å². The van der Waals surface area contributed by atoms with Gasteiger partial charge in [-0.25, -0.2) is 9.97 Å². The molecule has 4 aromatic rings. The molecule has 0 aliphatic carbocycles. The van der Waals surface area contributed by atoms with E-state index in [1.54, 1.807) is 37.6 Å². The number of hydrogen-bond acceptors (Lipinski definition) is 5. The van der Waals surface area contributed by atoms with Crippen LogP contribution in [0.5, 0.6) is 0 Å². The third-order valence-corrected chi connectivity index (χ3v) is 6.05. The summed E-state index contributed by atoms with van der Waals surface area (Å²) in [7, 11) is 1.68. The van der Waals surface area contributed by atoms with Crippen LogP contribution in [0, 0.1) is 0 Å². The van der Waals surface area contributed by atoms with Crippen LogP contribution in [0.25, 0.3) is 11.0 Å². The Kier molecular flexibility index (Phi) is 5.89. The van der Waals surface area contributed by atoms with Crippen LogP contribution >= 0.6 is 39.3 Å². The average Bonchev–Trinajstić information content (AvgIpc) is 3.10. The van der Waals surface area contributed by atoms with Crippen molar-refractivity contribution in [1.29, 1.82) is 0 Å². The SMILES string of the molecule is CN(C(=O)c1oc2ccccc2c1CSc1ncccn1)c1ccc(Br)cc1Cl. The molecule has 5 nitrogen and oxygen atoms in total. The lowest BCUT2D eigenvalue weighted by atomic mass is 10.1. The monoisotopic (exact) mass is 487 g/mol. The molecule has 0 bridgehead atoms. The van der Waals surface area contributed by atoms with Crippen molar-refractivity contribution >= 4 is 61.9 Å². The Morgan fingerprint density at radius 3 is 2.69 bits per heavy atom. The van der Waals surface area contributed by atoms with Gasteiger partial charge < -0.3 is 9.32 Å². The van der Waals surface area contributed by atoms with Crippen LogP contribution in [0.4, 0.5) is 5.69 Å². The number of furan rings is 1. The fraction of sp³-hybridized carbons (Fsp3) is 0.0952. The lowest BCUT2D eigenvalue weighted by Gasteiger charge is -2.18. The van der Waals surface area contributed by atoms with Crippen molar-refractivity contribution in [3.8, 4) is 0 Å². The van der Waals surface area contributed by atoms with Gasteiger partial charge in [0, 0.05) is 40.6 Å². The summed E-state index contributed by atoms with van der Waals surface area (Å²) in [6.07, 6.45) is 3.39. The number of fused-ring (bicyclic) bond motifs is 1. The highest BCUT2D eigenvalue weighted by Crippen LogP contribution is 2.34. The van der Waals surface area contributed by atoms with Crippen LogP contribution in [0.1, 0.15) is 16.1 Å². The molecule has 0 aliphatic rings. The highest BCUT2D eigenvalue weighted by atomic mass is 79.9. The molecule has 0 aliphatic heterocycles.